The van der Waals surface area contributed by atoms with Crippen LogP contribution in [0.25, 0.3) is 6.08 Å². The number of benzene rings is 1. The van der Waals surface area contributed by atoms with E-state index in [0.717, 1.165) is 5.56 Å². The molecular formula is C14H20O2SiZn. The van der Waals surface area contributed by atoms with E-state index in [9.17, 15) is 4.79 Å². The summed E-state index contributed by atoms with van der Waals surface area (Å²) in [5.74, 6) is -0.335. The minimum Gasteiger partial charge on any atom is -0.465 e. The summed E-state index contributed by atoms with van der Waals surface area (Å²) >= 11 is 0. The quantitative estimate of drug-likeness (QED) is 0.473. The van der Waals surface area contributed by atoms with E-state index in [1.165, 1.54) is 13.2 Å². The molecule has 0 aliphatic heterocycles. The largest absolute Gasteiger partial charge is 2.00 e. The van der Waals surface area contributed by atoms with Crippen LogP contribution >= 0.6 is 0 Å². The molecule has 0 unspecified atom stereocenters. The minimum absolute atomic E-state index is 0. The Kier molecular flexibility index (Phi) is 10.1. The van der Waals surface area contributed by atoms with Gasteiger partial charge in [-0.3, -0.25) is 6.58 Å². The van der Waals surface area contributed by atoms with Gasteiger partial charge >= 0.3 is 25.4 Å². The number of rotatable bonds is 2. The average Bonchev–Trinajstić information content (AvgIpc) is 2.26. The van der Waals surface area contributed by atoms with Crippen molar-refractivity contribution in [1.82, 2.24) is 0 Å². The molecule has 0 radical (unpaired) electrons. The Balaban J connectivity index is 0. The normalized spacial score (nSPS) is 9.39. The molecule has 0 aliphatic rings. The van der Waals surface area contributed by atoms with E-state index in [2.05, 4.69) is 30.9 Å². The van der Waals surface area contributed by atoms with Crippen LogP contribution in [-0.2, 0) is 24.2 Å². The monoisotopic (exact) mass is 312 g/mol. The van der Waals surface area contributed by atoms with Gasteiger partial charge in [-0.15, -0.1) is 20.2 Å². The summed E-state index contributed by atoms with van der Waals surface area (Å²) in [7, 11) is 0.491. The second-order valence-electron chi connectivity index (χ2n) is 4.84. The van der Waals surface area contributed by atoms with Gasteiger partial charge in [-0.2, -0.15) is 5.56 Å². The van der Waals surface area contributed by atoms with E-state index in [0.29, 0.717) is 5.56 Å². The number of hydrogen-bond acceptors (Lipinski definition) is 2. The molecule has 0 heterocycles. The van der Waals surface area contributed by atoms with Gasteiger partial charge in [-0.1, -0.05) is 31.8 Å². The minimum atomic E-state index is -0.861. The fourth-order valence-electron chi connectivity index (χ4n) is 0.848. The zero-order chi connectivity index (χ0) is 13.5. The van der Waals surface area contributed by atoms with Gasteiger partial charge < -0.3 is 11.3 Å². The number of methoxy groups -OCH3 is 1. The van der Waals surface area contributed by atoms with Crippen molar-refractivity contribution in [3.63, 3.8) is 0 Å². The van der Waals surface area contributed by atoms with E-state index in [4.69, 9.17) is 6.58 Å². The molecule has 0 spiro atoms. The van der Waals surface area contributed by atoms with Crippen molar-refractivity contribution < 1.29 is 29.0 Å². The predicted molar refractivity (Wildman–Crippen MR) is 75.2 cm³/mol. The van der Waals surface area contributed by atoms with Gasteiger partial charge in [-0.05, 0) is 0 Å². The zero-order valence-corrected chi connectivity index (χ0v) is 15.7. The molecule has 18 heavy (non-hydrogen) atoms. The van der Waals surface area contributed by atoms with Crippen molar-refractivity contribution in [2.45, 2.75) is 19.6 Å². The molecule has 94 valence electrons. The molecule has 0 atom stereocenters. The van der Waals surface area contributed by atoms with Crippen LogP contribution in [0.5, 0.6) is 0 Å². The predicted octanol–water partition coefficient (Wildman–Crippen LogP) is 3.61. The maximum absolute atomic E-state index is 10.9. The second kappa shape index (κ2) is 9.23. The van der Waals surface area contributed by atoms with Crippen molar-refractivity contribution in [2.75, 3.05) is 7.11 Å². The topological polar surface area (TPSA) is 26.3 Å². The molecule has 0 aliphatic carbocycles. The number of carbonyl (C=O) groups is 1. The maximum Gasteiger partial charge on any atom is 2.00 e. The van der Waals surface area contributed by atoms with Crippen LogP contribution in [0.3, 0.4) is 0 Å². The fraction of sp³-hybridized carbons (Fsp3) is 0.286. The Morgan fingerprint density at radius 2 is 1.67 bits per heavy atom. The molecule has 1 aromatic rings. The summed E-state index contributed by atoms with van der Waals surface area (Å²) in [5, 5.41) is 0. The van der Waals surface area contributed by atoms with Crippen LogP contribution in [-0.4, -0.2) is 21.2 Å². The smallest absolute Gasteiger partial charge is 0.465 e. The Hall–Kier alpha value is -0.730. The van der Waals surface area contributed by atoms with Crippen molar-refractivity contribution in [3.8, 4) is 0 Å². The summed E-state index contributed by atoms with van der Waals surface area (Å²) in [4.78, 5) is 10.9. The standard InChI is InChI=1S/C10H9O2.C4H11Si.Zn/c1-3-8-4-6-9(7-5-8)10(11)12-2;1-5(2,3)4;/h1,3-7H,2H3;1H2,2-4H3;/q2*-1;+2. The summed E-state index contributed by atoms with van der Waals surface area (Å²) in [6, 6.07) is 6.85. The van der Waals surface area contributed by atoms with Gasteiger partial charge in [0.25, 0.3) is 0 Å². The third-order valence-electron chi connectivity index (χ3n) is 1.52. The molecule has 0 amide bonds. The summed E-state index contributed by atoms with van der Waals surface area (Å²) in [6.45, 7) is 15.8. The van der Waals surface area contributed by atoms with E-state index < -0.39 is 8.07 Å². The molecule has 4 heteroatoms. The van der Waals surface area contributed by atoms with Gasteiger partial charge in [-0.25, -0.2) is 10.9 Å². The summed E-state index contributed by atoms with van der Waals surface area (Å²) < 4.78 is 4.53. The summed E-state index contributed by atoms with van der Waals surface area (Å²) in [6.07, 6.45) is 1.47. The van der Waals surface area contributed by atoms with E-state index in [1.807, 2.05) is 0 Å². The molecule has 1 aromatic carbocycles. The van der Waals surface area contributed by atoms with Crippen LogP contribution in [0.4, 0.5) is 0 Å². The molecule has 0 N–H and O–H groups in total. The number of esters is 1. The van der Waals surface area contributed by atoms with Crippen LogP contribution in [0.1, 0.15) is 15.9 Å². The second-order valence-corrected chi connectivity index (χ2v) is 9.96. The summed E-state index contributed by atoms with van der Waals surface area (Å²) in [5.41, 5.74) is 1.41. The first-order chi connectivity index (χ1) is 7.77. The molecule has 0 saturated heterocycles. The van der Waals surface area contributed by atoms with Gasteiger partial charge in [0, 0.05) is 0 Å². The van der Waals surface area contributed by atoms with Crippen molar-refractivity contribution in [2.24, 2.45) is 0 Å². The molecule has 0 bridgehead atoms. The molecule has 2 nitrogen and oxygen atoms in total. The SMILES string of the molecule is [CH-]=Cc1ccc(C(=O)OC)cc1.[CH2-][Si](C)(C)C.[Zn+2]. The average molecular weight is 314 g/mol. The molecule has 0 aromatic heterocycles. The molecule has 0 fully saturated rings. The van der Waals surface area contributed by atoms with Gasteiger partial charge in [0.1, 0.15) is 0 Å². The fourth-order valence-corrected chi connectivity index (χ4v) is 0.848. The third kappa shape index (κ3) is 10.4. The third-order valence-corrected chi connectivity index (χ3v) is 1.52. The first kappa shape index (κ1) is 19.6. The van der Waals surface area contributed by atoms with Crippen molar-refractivity contribution in [3.05, 3.63) is 48.5 Å². The first-order valence-electron chi connectivity index (χ1n) is 5.36. The number of ether oxygens (including phenoxy) is 1. The Bertz CT molecular complexity index is 360. The number of carbonyl (C=O) groups excluding carboxylic acids is 1. The van der Waals surface area contributed by atoms with E-state index in [-0.39, 0.29) is 25.4 Å². The van der Waals surface area contributed by atoms with Crippen LogP contribution in [0, 0.1) is 13.1 Å². The Morgan fingerprint density at radius 3 is 1.94 bits per heavy atom. The van der Waals surface area contributed by atoms with Gasteiger partial charge in [0.15, 0.2) is 0 Å². The van der Waals surface area contributed by atoms with Crippen molar-refractivity contribution in [1.29, 1.82) is 0 Å². The van der Waals surface area contributed by atoms with E-state index >= 15 is 0 Å². The molecule has 0 saturated carbocycles. The number of hydrogen-bond donors (Lipinski definition) is 0. The molecular weight excluding hydrogens is 294 g/mol. The Morgan fingerprint density at radius 1 is 1.28 bits per heavy atom. The van der Waals surface area contributed by atoms with Crippen LogP contribution < -0.4 is 0 Å². The van der Waals surface area contributed by atoms with Crippen LogP contribution in [0.15, 0.2) is 24.3 Å². The Labute approximate surface area is 124 Å². The van der Waals surface area contributed by atoms with E-state index in [1.54, 1.807) is 24.3 Å². The van der Waals surface area contributed by atoms with Gasteiger partial charge in [0.2, 0.25) is 0 Å². The van der Waals surface area contributed by atoms with Crippen molar-refractivity contribution >= 4 is 20.1 Å². The zero-order valence-electron chi connectivity index (χ0n) is 11.7. The first-order valence-corrected chi connectivity index (χ1v) is 9.07. The molecule has 1 rings (SSSR count). The maximum atomic E-state index is 10.9. The van der Waals surface area contributed by atoms with Gasteiger partial charge in [0.05, 0.1) is 12.7 Å². The van der Waals surface area contributed by atoms with Crippen LogP contribution in [0.2, 0.25) is 19.6 Å².